The largest absolute Gasteiger partial charge is 0.370 e. The lowest BCUT2D eigenvalue weighted by Gasteiger charge is -2.29. The highest BCUT2D eigenvalue weighted by Gasteiger charge is 2.62. The maximum Gasteiger partial charge on any atom is 0.273 e. The Morgan fingerprint density at radius 2 is 2.10 bits per heavy atom. The Bertz CT molecular complexity index is 909. The molecule has 1 spiro atoms. The first-order valence-corrected chi connectivity index (χ1v) is 10.9. The maximum atomic E-state index is 12.7. The first-order chi connectivity index (χ1) is 14.2. The van der Waals surface area contributed by atoms with Gasteiger partial charge in [0.1, 0.15) is 0 Å². The number of nitrogens with zero attached hydrogens (tertiary/aromatic N) is 2. The molecule has 1 saturated carbocycles. The summed E-state index contributed by atoms with van der Waals surface area (Å²) >= 11 is 0. The summed E-state index contributed by atoms with van der Waals surface area (Å²) in [6, 6.07) is 11.4. The SMILES string of the molecule is O=C(NC[C@H]1[C@H]2CN(CC3CC3)C[C@]23CC[C@H]1O3)c1cc(-c2ccccc2)on1. The van der Waals surface area contributed by atoms with Gasteiger partial charge in [-0.1, -0.05) is 35.5 Å². The number of nitrogens with one attached hydrogen (secondary N) is 1. The Morgan fingerprint density at radius 1 is 1.24 bits per heavy atom. The quantitative estimate of drug-likeness (QED) is 0.817. The van der Waals surface area contributed by atoms with E-state index >= 15 is 0 Å². The highest BCUT2D eigenvalue weighted by atomic mass is 16.5. The molecule has 0 radical (unpaired) electrons. The monoisotopic (exact) mass is 393 g/mol. The molecule has 4 fully saturated rings. The molecule has 1 aromatic heterocycles. The van der Waals surface area contributed by atoms with E-state index in [1.807, 2.05) is 30.3 Å². The molecule has 1 amide bonds. The van der Waals surface area contributed by atoms with Gasteiger partial charge in [0.15, 0.2) is 11.5 Å². The molecule has 4 heterocycles. The van der Waals surface area contributed by atoms with Gasteiger partial charge in [-0.25, -0.2) is 0 Å². The zero-order chi connectivity index (χ0) is 19.4. The summed E-state index contributed by atoms with van der Waals surface area (Å²) in [4.78, 5) is 15.3. The zero-order valence-electron chi connectivity index (χ0n) is 16.5. The van der Waals surface area contributed by atoms with Crippen molar-refractivity contribution in [2.45, 2.75) is 37.4 Å². The minimum atomic E-state index is -0.166. The summed E-state index contributed by atoms with van der Waals surface area (Å²) in [7, 11) is 0. The van der Waals surface area contributed by atoms with E-state index in [9.17, 15) is 4.79 Å². The number of likely N-dealkylation sites (tertiary alicyclic amines) is 1. The molecule has 3 aliphatic heterocycles. The highest BCUT2D eigenvalue weighted by molar-refractivity contribution is 5.93. The molecule has 6 rings (SSSR count). The van der Waals surface area contributed by atoms with Gasteiger partial charge in [-0.15, -0.1) is 0 Å². The van der Waals surface area contributed by atoms with Crippen molar-refractivity contribution in [3.8, 4) is 11.3 Å². The van der Waals surface area contributed by atoms with E-state index in [1.165, 1.54) is 25.8 Å². The smallest absolute Gasteiger partial charge is 0.273 e. The molecule has 2 bridgehead atoms. The predicted octanol–water partition coefficient (Wildman–Crippen LogP) is 2.96. The van der Waals surface area contributed by atoms with Crippen LogP contribution < -0.4 is 5.32 Å². The fourth-order valence-corrected chi connectivity index (χ4v) is 5.79. The molecule has 6 nitrogen and oxygen atoms in total. The second-order valence-corrected chi connectivity index (χ2v) is 9.32. The summed E-state index contributed by atoms with van der Waals surface area (Å²) < 4.78 is 11.9. The number of aromatic nitrogens is 1. The van der Waals surface area contributed by atoms with Crippen molar-refractivity contribution >= 4 is 5.91 Å². The molecule has 4 atom stereocenters. The Labute approximate surface area is 170 Å². The van der Waals surface area contributed by atoms with Crippen LogP contribution >= 0.6 is 0 Å². The van der Waals surface area contributed by atoms with E-state index in [0.29, 0.717) is 35.9 Å². The summed E-state index contributed by atoms with van der Waals surface area (Å²) in [6.07, 6.45) is 5.37. The van der Waals surface area contributed by atoms with Crippen LogP contribution in [0, 0.1) is 17.8 Å². The summed E-state index contributed by atoms with van der Waals surface area (Å²) in [5, 5.41) is 7.08. The Balaban J connectivity index is 1.11. The molecule has 3 saturated heterocycles. The molecule has 6 heteroatoms. The van der Waals surface area contributed by atoms with Crippen molar-refractivity contribution in [3.05, 3.63) is 42.1 Å². The number of fused-ring (bicyclic) bond motifs is 1. The van der Waals surface area contributed by atoms with Gasteiger partial charge in [0.25, 0.3) is 5.91 Å². The van der Waals surface area contributed by atoms with E-state index in [0.717, 1.165) is 31.0 Å². The topological polar surface area (TPSA) is 67.6 Å². The van der Waals surface area contributed by atoms with Crippen LogP contribution in [0.25, 0.3) is 11.3 Å². The van der Waals surface area contributed by atoms with Gasteiger partial charge < -0.3 is 14.6 Å². The number of hydrogen-bond acceptors (Lipinski definition) is 5. The predicted molar refractivity (Wildman–Crippen MR) is 107 cm³/mol. The number of rotatable bonds is 6. The molecule has 4 aliphatic rings. The summed E-state index contributed by atoms with van der Waals surface area (Å²) in [5.74, 6) is 2.30. The number of carbonyl (C=O) groups excluding carboxylic acids is 1. The van der Waals surface area contributed by atoms with Crippen molar-refractivity contribution < 1.29 is 14.1 Å². The maximum absolute atomic E-state index is 12.7. The van der Waals surface area contributed by atoms with Crippen LogP contribution in [0.5, 0.6) is 0 Å². The van der Waals surface area contributed by atoms with Gasteiger partial charge in [-0.2, -0.15) is 0 Å². The molecule has 29 heavy (non-hydrogen) atoms. The van der Waals surface area contributed by atoms with E-state index in [4.69, 9.17) is 9.26 Å². The van der Waals surface area contributed by atoms with Crippen LogP contribution in [0.15, 0.2) is 40.9 Å². The fraction of sp³-hybridized carbons (Fsp3) is 0.565. The molecule has 1 aliphatic carbocycles. The van der Waals surface area contributed by atoms with Crippen LogP contribution in [-0.2, 0) is 4.74 Å². The Morgan fingerprint density at radius 3 is 2.93 bits per heavy atom. The first-order valence-electron chi connectivity index (χ1n) is 10.9. The highest BCUT2D eigenvalue weighted by Crippen LogP contribution is 2.55. The van der Waals surface area contributed by atoms with Crippen molar-refractivity contribution in [2.75, 3.05) is 26.2 Å². The lowest BCUT2D eigenvalue weighted by atomic mass is 9.73. The van der Waals surface area contributed by atoms with Crippen molar-refractivity contribution in [2.24, 2.45) is 17.8 Å². The van der Waals surface area contributed by atoms with Gasteiger partial charge in [0.05, 0.1) is 11.7 Å². The van der Waals surface area contributed by atoms with Crippen molar-refractivity contribution in [1.82, 2.24) is 15.4 Å². The van der Waals surface area contributed by atoms with E-state index < -0.39 is 0 Å². The van der Waals surface area contributed by atoms with Crippen LogP contribution in [-0.4, -0.2) is 53.8 Å². The van der Waals surface area contributed by atoms with Crippen LogP contribution in [0.3, 0.4) is 0 Å². The van der Waals surface area contributed by atoms with E-state index in [-0.39, 0.29) is 11.5 Å². The lowest BCUT2D eigenvalue weighted by molar-refractivity contribution is 0.00244. The average molecular weight is 393 g/mol. The van der Waals surface area contributed by atoms with Crippen LogP contribution in [0.4, 0.5) is 0 Å². The Hall–Kier alpha value is -2.18. The third-order valence-corrected chi connectivity index (χ3v) is 7.37. The van der Waals surface area contributed by atoms with Crippen molar-refractivity contribution in [1.29, 1.82) is 0 Å². The third kappa shape index (κ3) is 3.09. The Kier molecular flexibility index (Phi) is 4.06. The minimum absolute atomic E-state index is 0.0450. The van der Waals surface area contributed by atoms with Crippen LogP contribution in [0.2, 0.25) is 0 Å². The minimum Gasteiger partial charge on any atom is -0.370 e. The number of benzene rings is 1. The first kappa shape index (κ1) is 17.7. The van der Waals surface area contributed by atoms with Gasteiger partial charge in [-0.3, -0.25) is 9.69 Å². The van der Waals surface area contributed by atoms with Crippen LogP contribution in [0.1, 0.15) is 36.2 Å². The van der Waals surface area contributed by atoms with Crippen molar-refractivity contribution in [3.63, 3.8) is 0 Å². The van der Waals surface area contributed by atoms with Gasteiger partial charge in [0, 0.05) is 49.6 Å². The number of hydrogen-bond donors (Lipinski definition) is 1. The molecule has 1 aromatic carbocycles. The molecular formula is C23H27N3O3. The van der Waals surface area contributed by atoms with E-state index in [1.54, 1.807) is 6.07 Å². The third-order valence-electron chi connectivity index (χ3n) is 7.37. The van der Waals surface area contributed by atoms with Gasteiger partial charge in [0.2, 0.25) is 0 Å². The second-order valence-electron chi connectivity index (χ2n) is 9.32. The molecule has 0 unspecified atom stereocenters. The fourth-order valence-electron chi connectivity index (χ4n) is 5.79. The van der Waals surface area contributed by atoms with Gasteiger partial charge in [-0.05, 0) is 31.6 Å². The number of ether oxygens (including phenoxy) is 1. The lowest BCUT2D eigenvalue weighted by Crippen LogP contribution is -2.42. The number of carbonyl (C=O) groups is 1. The van der Waals surface area contributed by atoms with E-state index in [2.05, 4.69) is 15.4 Å². The zero-order valence-corrected chi connectivity index (χ0v) is 16.5. The molecule has 1 N–H and O–H groups in total. The molecule has 152 valence electrons. The standard InChI is InChI=1S/C23H27N3O3/c27-22(19-10-21(29-25-19)16-4-2-1-3-5-16)24-11-17-18-13-26(12-15-6-7-15)14-23(18)9-8-20(17)28-23/h1-5,10,15,17-18,20H,6-9,11-14H2,(H,24,27)/t17-,18+,20+,23+/m0/s1. The number of amides is 1. The normalized spacial score (nSPS) is 33.2. The summed E-state index contributed by atoms with van der Waals surface area (Å²) in [6.45, 7) is 4.09. The molecular weight excluding hydrogens is 366 g/mol. The summed E-state index contributed by atoms with van der Waals surface area (Å²) in [5.41, 5.74) is 1.30. The molecule has 2 aromatic rings. The average Bonchev–Trinajstić information content (AvgIpc) is 3.12. The second kappa shape index (κ2) is 6.67. The van der Waals surface area contributed by atoms with Gasteiger partial charge >= 0.3 is 0 Å².